The third-order valence-electron chi connectivity index (χ3n) is 6.59. The molecule has 1 aromatic heterocycles. The van der Waals surface area contributed by atoms with Crippen molar-refractivity contribution >= 4 is 22.4 Å². The standard InChI is InChI=1S/C31H44FN3OS/c1-10-13-14-31(9,12-3)21-36-28-16-26(15-27(17-28)24(6)37-22(4)11-2)23(5)33-18-25-19-34-29(35-20-25)30(7,8)32/h11,15-17,19-20,33H,5-6,10,12-14,18,21H2,1-4,7-9H3/b22-11-. The van der Waals surface area contributed by atoms with Crippen LogP contribution in [0.3, 0.4) is 0 Å². The van der Waals surface area contributed by atoms with E-state index >= 15 is 0 Å². The van der Waals surface area contributed by atoms with Gasteiger partial charge in [-0.3, -0.25) is 0 Å². The fourth-order valence-electron chi connectivity index (χ4n) is 3.61. The maximum Gasteiger partial charge on any atom is 0.165 e. The highest BCUT2D eigenvalue weighted by molar-refractivity contribution is 8.11. The summed E-state index contributed by atoms with van der Waals surface area (Å²) < 4.78 is 20.5. The van der Waals surface area contributed by atoms with Gasteiger partial charge in [0.2, 0.25) is 0 Å². The fraction of sp³-hybridized carbons (Fsp3) is 0.484. The van der Waals surface area contributed by atoms with Crippen molar-refractivity contribution in [3.8, 4) is 5.75 Å². The third kappa shape index (κ3) is 9.66. The summed E-state index contributed by atoms with van der Waals surface area (Å²) in [6.45, 7) is 23.5. The Balaban J connectivity index is 2.24. The molecule has 0 saturated heterocycles. The van der Waals surface area contributed by atoms with Gasteiger partial charge >= 0.3 is 0 Å². The number of halogens is 1. The van der Waals surface area contributed by atoms with Gasteiger partial charge in [-0.05, 0) is 69.2 Å². The Hall–Kier alpha value is -2.60. The van der Waals surface area contributed by atoms with Gasteiger partial charge in [0.25, 0.3) is 0 Å². The number of aromatic nitrogens is 2. The molecule has 0 amide bonds. The molecular formula is C31H44FN3OS. The first-order valence-corrected chi connectivity index (χ1v) is 13.9. The molecule has 0 aliphatic heterocycles. The Labute approximate surface area is 227 Å². The molecule has 6 heteroatoms. The molecule has 37 heavy (non-hydrogen) atoms. The van der Waals surface area contributed by atoms with Crippen LogP contribution in [0.4, 0.5) is 4.39 Å². The number of hydrogen-bond acceptors (Lipinski definition) is 5. The van der Waals surface area contributed by atoms with Crippen molar-refractivity contribution < 1.29 is 9.13 Å². The molecular weight excluding hydrogens is 481 g/mol. The number of hydrogen-bond donors (Lipinski definition) is 1. The average Bonchev–Trinajstić information content (AvgIpc) is 2.88. The van der Waals surface area contributed by atoms with Crippen LogP contribution >= 0.6 is 11.8 Å². The lowest BCUT2D eigenvalue weighted by molar-refractivity contribution is 0.143. The molecule has 0 aliphatic carbocycles. The quantitative estimate of drug-likeness (QED) is 0.251. The van der Waals surface area contributed by atoms with E-state index in [1.165, 1.54) is 31.6 Å². The summed E-state index contributed by atoms with van der Waals surface area (Å²) in [5.74, 6) is 0.986. The molecule has 2 aromatic rings. The van der Waals surface area contributed by atoms with Crippen molar-refractivity contribution in [1.82, 2.24) is 15.3 Å². The molecule has 4 nitrogen and oxygen atoms in total. The minimum Gasteiger partial charge on any atom is -0.493 e. The zero-order chi connectivity index (χ0) is 27.6. The van der Waals surface area contributed by atoms with Crippen LogP contribution in [-0.2, 0) is 12.2 Å². The number of rotatable bonds is 15. The SMILES string of the molecule is C=C(NCc1cnc(C(C)(C)F)nc1)c1cc(OCC(C)(CC)CCCC)cc(C(=C)S/C(C)=C\C)c1. The fourth-order valence-corrected chi connectivity index (χ4v) is 4.35. The average molecular weight is 526 g/mol. The van der Waals surface area contributed by atoms with E-state index in [2.05, 4.69) is 74.3 Å². The van der Waals surface area contributed by atoms with Crippen molar-refractivity contribution in [2.45, 2.75) is 86.4 Å². The lowest BCUT2D eigenvalue weighted by Gasteiger charge is -2.28. The molecule has 1 unspecified atom stereocenters. The van der Waals surface area contributed by atoms with Crippen molar-refractivity contribution in [2.24, 2.45) is 5.41 Å². The summed E-state index contributed by atoms with van der Waals surface area (Å²) in [6, 6.07) is 6.18. The van der Waals surface area contributed by atoms with Gasteiger partial charge in [-0.1, -0.05) is 64.6 Å². The van der Waals surface area contributed by atoms with E-state index in [1.54, 1.807) is 24.2 Å². The molecule has 1 N–H and O–H groups in total. The van der Waals surface area contributed by atoms with E-state index < -0.39 is 5.67 Å². The topological polar surface area (TPSA) is 47.0 Å². The van der Waals surface area contributed by atoms with Crippen LogP contribution in [0.25, 0.3) is 10.6 Å². The van der Waals surface area contributed by atoms with Crippen molar-refractivity contribution in [1.29, 1.82) is 0 Å². The van der Waals surface area contributed by atoms with Crippen LogP contribution in [0.15, 0.2) is 54.7 Å². The second kappa shape index (κ2) is 13.8. The molecule has 1 aromatic carbocycles. The molecule has 202 valence electrons. The van der Waals surface area contributed by atoms with Gasteiger partial charge in [0.15, 0.2) is 11.5 Å². The Kier molecular flexibility index (Phi) is 11.4. The summed E-state index contributed by atoms with van der Waals surface area (Å²) >= 11 is 1.65. The molecule has 0 saturated carbocycles. The molecule has 0 fully saturated rings. The second-order valence-electron chi connectivity index (χ2n) is 10.4. The van der Waals surface area contributed by atoms with E-state index in [1.807, 2.05) is 13.0 Å². The summed E-state index contributed by atoms with van der Waals surface area (Å²) in [5, 5.41) is 3.36. The van der Waals surface area contributed by atoms with Crippen LogP contribution in [0.5, 0.6) is 5.75 Å². The van der Waals surface area contributed by atoms with Crippen molar-refractivity contribution in [3.63, 3.8) is 0 Å². The number of nitrogens with zero attached hydrogens (tertiary/aromatic N) is 2. The summed E-state index contributed by atoms with van der Waals surface area (Å²) in [4.78, 5) is 10.5. The Morgan fingerprint density at radius 2 is 1.76 bits per heavy atom. The van der Waals surface area contributed by atoms with E-state index in [9.17, 15) is 4.39 Å². The number of unbranched alkanes of at least 4 members (excludes halogenated alkanes) is 1. The number of benzene rings is 1. The maximum atomic E-state index is 14.1. The maximum absolute atomic E-state index is 14.1. The molecule has 0 bridgehead atoms. The number of ether oxygens (including phenoxy) is 1. The molecule has 0 radical (unpaired) electrons. The second-order valence-corrected chi connectivity index (χ2v) is 11.8. The number of alkyl halides is 1. The minimum absolute atomic E-state index is 0.134. The van der Waals surface area contributed by atoms with Crippen molar-refractivity contribution in [2.75, 3.05) is 6.61 Å². The zero-order valence-corrected chi connectivity index (χ0v) is 24.5. The van der Waals surface area contributed by atoms with Crippen LogP contribution in [0.2, 0.25) is 0 Å². The first kappa shape index (κ1) is 30.6. The van der Waals surface area contributed by atoms with Crippen molar-refractivity contribution in [3.05, 3.63) is 77.2 Å². The lowest BCUT2D eigenvalue weighted by Crippen LogP contribution is -2.24. The first-order valence-electron chi connectivity index (χ1n) is 13.1. The Bertz CT molecular complexity index is 1090. The molecule has 1 heterocycles. The molecule has 0 aliphatic rings. The highest BCUT2D eigenvalue weighted by Gasteiger charge is 2.23. The monoisotopic (exact) mass is 525 g/mol. The van der Waals surface area contributed by atoms with E-state index in [0.717, 1.165) is 45.9 Å². The van der Waals surface area contributed by atoms with Gasteiger partial charge < -0.3 is 10.1 Å². The van der Waals surface area contributed by atoms with E-state index in [-0.39, 0.29) is 11.2 Å². The predicted octanol–water partition coefficient (Wildman–Crippen LogP) is 9.05. The van der Waals surface area contributed by atoms with Gasteiger partial charge in [0.1, 0.15) is 5.75 Å². The molecule has 1 atom stereocenters. The van der Waals surface area contributed by atoms with Crippen LogP contribution < -0.4 is 10.1 Å². The summed E-state index contributed by atoms with van der Waals surface area (Å²) in [5.41, 5.74) is 2.11. The smallest absolute Gasteiger partial charge is 0.165 e. The van der Waals surface area contributed by atoms with E-state index in [0.29, 0.717) is 13.2 Å². The summed E-state index contributed by atoms with van der Waals surface area (Å²) in [7, 11) is 0. The van der Waals surface area contributed by atoms with E-state index in [4.69, 9.17) is 4.74 Å². The van der Waals surface area contributed by atoms with Gasteiger partial charge in [0, 0.05) is 46.1 Å². The minimum atomic E-state index is -1.57. The van der Waals surface area contributed by atoms with Crippen LogP contribution in [0, 0.1) is 5.41 Å². The largest absolute Gasteiger partial charge is 0.493 e. The predicted molar refractivity (Wildman–Crippen MR) is 158 cm³/mol. The van der Waals surface area contributed by atoms with Crippen LogP contribution in [0.1, 0.15) is 96.7 Å². The van der Waals surface area contributed by atoms with Crippen LogP contribution in [-0.4, -0.2) is 16.6 Å². The highest BCUT2D eigenvalue weighted by atomic mass is 32.2. The third-order valence-corrected chi connectivity index (χ3v) is 7.63. The number of thioether (sulfide) groups is 1. The van der Waals surface area contributed by atoms with Gasteiger partial charge in [0.05, 0.1) is 6.61 Å². The Morgan fingerprint density at radius 1 is 1.11 bits per heavy atom. The summed E-state index contributed by atoms with van der Waals surface area (Å²) in [6.07, 6.45) is 9.96. The molecule has 2 rings (SSSR count). The van der Waals surface area contributed by atoms with Gasteiger partial charge in [-0.2, -0.15) is 0 Å². The van der Waals surface area contributed by atoms with Gasteiger partial charge in [-0.25, -0.2) is 14.4 Å². The Morgan fingerprint density at radius 3 is 2.32 bits per heavy atom. The molecule has 0 spiro atoms. The zero-order valence-electron chi connectivity index (χ0n) is 23.7. The lowest BCUT2D eigenvalue weighted by atomic mass is 9.83. The highest BCUT2D eigenvalue weighted by Crippen LogP contribution is 2.36. The number of allylic oxidation sites excluding steroid dienone is 2. The normalized spacial score (nSPS) is 13.7. The first-order chi connectivity index (χ1) is 17.4. The number of nitrogens with one attached hydrogen (secondary N) is 1. The van der Waals surface area contributed by atoms with Gasteiger partial charge in [-0.15, -0.1) is 0 Å².